The first kappa shape index (κ1) is 24.5. The Morgan fingerprint density at radius 1 is 1.14 bits per heavy atom. The van der Waals surface area contributed by atoms with Gasteiger partial charge in [-0.15, -0.1) is 24.0 Å². The summed E-state index contributed by atoms with van der Waals surface area (Å²) < 4.78 is 5.48. The van der Waals surface area contributed by atoms with Crippen LogP contribution in [0.2, 0.25) is 0 Å². The number of rotatable bonds is 8. The maximum absolute atomic E-state index is 12.2. The molecule has 1 saturated carbocycles. The molecule has 0 aliphatic heterocycles. The molecule has 0 radical (unpaired) electrons. The molecule has 1 fully saturated rings. The second-order valence-corrected chi connectivity index (χ2v) is 7.03. The van der Waals surface area contributed by atoms with Gasteiger partial charge in [0.1, 0.15) is 5.75 Å². The molecule has 28 heavy (non-hydrogen) atoms. The summed E-state index contributed by atoms with van der Waals surface area (Å²) in [7, 11) is 3.78. The maximum atomic E-state index is 12.2. The van der Waals surface area contributed by atoms with E-state index in [1.807, 2.05) is 26.1 Å². The van der Waals surface area contributed by atoms with Crippen LogP contribution in [0.5, 0.6) is 5.75 Å². The molecular weight excluding hydrogens is 467 g/mol. The van der Waals surface area contributed by atoms with E-state index in [0.717, 1.165) is 31.1 Å². The lowest BCUT2D eigenvalue weighted by atomic mass is 9.89. The predicted molar refractivity (Wildman–Crippen MR) is 125 cm³/mol. The molecule has 1 aromatic carbocycles. The summed E-state index contributed by atoms with van der Waals surface area (Å²) in [6.07, 6.45) is 5.69. The molecule has 2 N–H and O–H groups in total. The second-order valence-electron chi connectivity index (χ2n) is 7.03. The minimum absolute atomic E-state index is 0. The molecule has 1 aliphatic rings. The van der Waals surface area contributed by atoms with Crippen molar-refractivity contribution < 1.29 is 9.53 Å². The van der Waals surface area contributed by atoms with Crippen molar-refractivity contribution in [2.75, 3.05) is 33.8 Å². The van der Waals surface area contributed by atoms with Crippen molar-refractivity contribution in [3.8, 4) is 5.75 Å². The molecule has 1 amide bonds. The highest BCUT2D eigenvalue weighted by atomic mass is 127. The Bertz CT molecular complexity index is 601. The average Bonchev–Trinajstić information content (AvgIpc) is 2.70. The van der Waals surface area contributed by atoms with Crippen LogP contribution in [0.25, 0.3) is 0 Å². The van der Waals surface area contributed by atoms with Gasteiger partial charge in [-0.2, -0.15) is 0 Å². The van der Waals surface area contributed by atoms with Gasteiger partial charge in [0, 0.05) is 39.6 Å². The van der Waals surface area contributed by atoms with E-state index < -0.39 is 0 Å². The van der Waals surface area contributed by atoms with E-state index >= 15 is 0 Å². The van der Waals surface area contributed by atoms with Gasteiger partial charge < -0.3 is 20.3 Å². The van der Waals surface area contributed by atoms with E-state index in [2.05, 4.69) is 32.7 Å². The Morgan fingerprint density at radius 2 is 1.79 bits per heavy atom. The molecule has 0 heterocycles. The smallest absolute Gasteiger partial charge is 0.223 e. The molecule has 1 aromatic rings. The third kappa shape index (κ3) is 8.24. The van der Waals surface area contributed by atoms with E-state index in [1.165, 1.54) is 24.8 Å². The first-order valence-corrected chi connectivity index (χ1v) is 10.0. The normalized spacial score (nSPS) is 14.8. The molecule has 2 rings (SSSR count). The lowest BCUT2D eigenvalue weighted by Crippen LogP contribution is -2.43. The Balaban J connectivity index is 0.00000392. The topological polar surface area (TPSA) is 66.0 Å². The van der Waals surface area contributed by atoms with Crippen molar-refractivity contribution in [2.45, 2.75) is 45.6 Å². The molecule has 7 heteroatoms. The first-order valence-electron chi connectivity index (χ1n) is 10.0. The van der Waals surface area contributed by atoms with Crippen LogP contribution in [0.4, 0.5) is 0 Å². The average molecular weight is 502 g/mol. The summed E-state index contributed by atoms with van der Waals surface area (Å²) in [5, 5.41) is 6.37. The van der Waals surface area contributed by atoms with E-state index in [9.17, 15) is 4.79 Å². The minimum Gasteiger partial charge on any atom is -0.494 e. The van der Waals surface area contributed by atoms with Crippen molar-refractivity contribution in [2.24, 2.45) is 10.9 Å². The molecule has 0 spiro atoms. The van der Waals surface area contributed by atoms with Gasteiger partial charge in [0.15, 0.2) is 5.96 Å². The number of ether oxygens (including phenoxy) is 1. The van der Waals surface area contributed by atoms with E-state index in [-0.39, 0.29) is 35.8 Å². The van der Waals surface area contributed by atoms with E-state index in [1.54, 1.807) is 7.05 Å². The molecule has 0 unspecified atom stereocenters. The van der Waals surface area contributed by atoms with Crippen LogP contribution in [0.15, 0.2) is 29.3 Å². The Kier molecular flexibility index (Phi) is 11.9. The van der Waals surface area contributed by atoms with Crippen molar-refractivity contribution in [3.05, 3.63) is 29.8 Å². The lowest BCUT2D eigenvalue weighted by Gasteiger charge is -2.23. The third-order valence-electron chi connectivity index (χ3n) is 4.91. The Morgan fingerprint density at radius 3 is 2.39 bits per heavy atom. The molecule has 1 aliphatic carbocycles. The maximum Gasteiger partial charge on any atom is 0.223 e. The van der Waals surface area contributed by atoms with Gasteiger partial charge in [-0.05, 0) is 37.5 Å². The van der Waals surface area contributed by atoms with Crippen LogP contribution in [-0.2, 0) is 11.3 Å². The number of hydrogen-bond acceptors (Lipinski definition) is 3. The van der Waals surface area contributed by atoms with Crippen LogP contribution in [-0.4, -0.2) is 50.6 Å². The lowest BCUT2D eigenvalue weighted by molar-refractivity contribution is -0.125. The minimum atomic E-state index is 0. The first-order chi connectivity index (χ1) is 13.1. The number of carbonyl (C=O) groups is 1. The van der Waals surface area contributed by atoms with Gasteiger partial charge >= 0.3 is 0 Å². The van der Waals surface area contributed by atoms with Crippen LogP contribution in [0.3, 0.4) is 0 Å². The number of guanidine groups is 1. The molecular formula is C21H35IN4O2. The van der Waals surface area contributed by atoms with Gasteiger partial charge in [-0.3, -0.25) is 9.79 Å². The number of hydrogen-bond donors (Lipinski definition) is 2. The zero-order valence-electron chi connectivity index (χ0n) is 17.4. The number of nitrogens with one attached hydrogen (secondary N) is 2. The van der Waals surface area contributed by atoms with Crippen LogP contribution < -0.4 is 15.4 Å². The quantitative estimate of drug-likeness (QED) is 0.248. The summed E-state index contributed by atoms with van der Waals surface area (Å²) in [4.78, 5) is 18.6. The van der Waals surface area contributed by atoms with Gasteiger partial charge in [-0.25, -0.2) is 0 Å². The summed E-state index contributed by atoms with van der Waals surface area (Å²) in [6.45, 7) is 4.69. The number of amides is 1. The molecule has 0 aromatic heterocycles. The van der Waals surface area contributed by atoms with Crippen molar-refractivity contribution in [1.82, 2.24) is 15.5 Å². The molecule has 158 valence electrons. The van der Waals surface area contributed by atoms with Crippen molar-refractivity contribution in [3.63, 3.8) is 0 Å². The third-order valence-corrected chi connectivity index (χ3v) is 4.91. The van der Waals surface area contributed by atoms with E-state index in [4.69, 9.17) is 4.74 Å². The second kappa shape index (κ2) is 13.6. The summed E-state index contributed by atoms with van der Waals surface area (Å²) >= 11 is 0. The number of aliphatic imine (C=N–C) groups is 1. The fraction of sp³-hybridized carbons (Fsp3) is 0.619. The Hall–Kier alpha value is -1.51. The van der Waals surface area contributed by atoms with Gasteiger partial charge in [0.25, 0.3) is 0 Å². The molecule has 0 bridgehead atoms. The SMILES string of the molecule is CCOc1ccc(CN(C)C(=NC)NCCNC(=O)C2CCCCC2)cc1.I. The van der Waals surface area contributed by atoms with Crippen LogP contribution in [0.1, 0.15) is 44.6 Å². The number of halogens is 1. The standard InChI is InChI=1S/C21H34N4O2.HI/c1-4-27-19-12-10-17(11-13-19)16-25(3)21(22-2)24-15-14-23-20(26)18-8-6-5-7-9-18;/h10-13,18H,4-9,14-16H2,1-3H3,(H,22,24)(H,23,26);1H. The summed E-state index contributed by atoms with van der Waals surface area (Å²) in [5.41, 5.74) is 1.19. The van der Waals surface area contributed by atoms with Gasteiger partial charge in [-0.1, -0.05) is 31.4 Å². The van der Waals surface area contributed by atoms with Gasteiger partial charge in [0.05, 0.1) is 6.61 Å². The van der Waals surface area contributed by atoms with Gasteiger partial charge in [0.2, 0.25) is 5.91 Å². The van der Waals surface area contributed by atoms with Crippen molar-refractivity contribution >= 4 is 35.8 Å². The molecule has 0 saturated heterocycles. The zero-order chi connectivity index (χ0) is 19.5. The predicted octanol–water partition coefficient (Wildman–Crippen LogP) is 3.41. The van der Waals surface area contributed by atoms with Crippen LogP contribution in [0, 0.1) is 5.92 Å². The van der Waals surface area contributed by atoms with E-state index in [0.29, 0.717) is 19.7 Å². The summed E-state index contributed by atoms with van der Waals surface area (Å²) in [5.74, 6) is 2.12. The van der Waals surface area contributed by atoms with Crippen LogP contribution >= 0.6 is 24.0 Å². The number of benzene rings is 1. The van der Waals surface area contributed by atoms with Crippen molar-refractivity contribution in [1.29, 1.82) is 0 Å². The fourth-order valence-corrected chi connectivity index (χ4v) is 3.46. The highest BCUT2D eigenvalue weighted by Gasteiger charge is 2.20. The largest absolute Gasteiger partial charge is 0.494 e. The fourth-order valence-electron chi connectivity index (χ4n) is 3.46. The zero-order valence-corrected chi connectivity index (χ0v) is 19.7. The highest BCUT2D eigenvalue weighted by Crippen LogP contribution is 2.23. The number of nitrogens with zero attached hydrogens (tertiary/aromatic N) is 2. The summed E-state index contributed by atoms with van der Waals surface area (Å²) in [6, 6.07) is 8.12. The molecule has 0 atom stereocenters. The monoisotopic (exact) mass is 502 g/mol. The molecule has 6 nitrogen and oxygen atoms in total. The number of carbonyl (C=O) groups excluding carboxylic acids is 1. The highest BCUT2D eigenvalue weighted by molar-refractivity contribution is 14.0. The Labute approximate surface area is 186 Å².